The number of nitrogens with one attached hydrogen (secondary N) is 1. The Bertz CT molecular complexity index is 230. The summed E-state index contributed by atoms with van der Waals surface area (Å²) in [7, 11) is 2.27. The zero-order valence-electron chi connectivity index (χ0n) is 13.8. The van der Waals surface area contributed by atoms with Crippen molar-refractivity contribution in [3.8, 4) is 0 Å². The molecule has 1 saturated heterocycles. The molecule has 2 atom stereocenters. The van der Waals surface area contributed by atoms with E-state index in [9.17, 15) is 0 Å². The average molecular weight is 269 g/mol. The van der Waals surface area contributed by atoms with E-state index < -0.39 is 0 Å². The van der Waals surface area contributed by atoms with Gasteiger partial charge in [-0.15, -0.1) is 0 Å². The Morgan fingerprint density at radius 2 is 1.95 bits per heavy atom. The van der Waals surface area contributed by atoms with Gasteiger partial charge in [-0.2, -0.15) is 0 Å². The zero-order valence-corrected chi connectivity index (χ0v) is 13.8. The second-order valence-electron chi connectivity index (χ2n) is 6.48. The molecule has 3 nitrogen and oxygen atoms in total. The van der Waals surface area contributed by atoms with E-state index in [4.69, 9.17) is 0 Å². The highest BCUT2D eigenvalue weighted by molar-refractivity contribution is 4.83. The predicted molar refractivity (Wildman–Crippen MR) is 84.7 cm³/mol. The summed E-state index contributed by atoms with van der Waals surface area (Å²) in [5.74, 6) is 0.713. The smallest absolute Gasteiger partial charge is 0.0221 e. The first-order chi connectivity index (χ1) is 9.08. The van der Waals surface area contributed by atoms with E-state index in [2.05, 4.69) is 49.9 Å². The van der Waals surface area contributed by atoms with Crippen LogP contribution in [0.15, 0.2) is 0 Å². The summed E-state index contributed by atoms with van der Waals surface area (Å²) in [6.45, 7) is 15.4. The van der Waals surface area contributed by atoms with Crippen LogP contribution in [0.25, 0.3) is 0 Å². The fraction of sp³-hybridized carbons (Fsp3) is 1.00. The summed E-state index contributed by atoms with van der Waals surface area (Å²) in [5, 5.41) is 3.74. The van der Waals surface area contributed by atoms with Gasteiger partial charge in [-0.25, -0.2) is 0 Å². The monoisotopic (exact) mass is 269 g/mol. The third kappa shape index (κ3) is 5.80. The van der Waals surface area contributed by atoms with Gasteiger partial charge in [0.2, 0.25) is 0 Å². The maximum absolute atomic E-state index is 3.74. The van der Waals surface area contributed by atoms with Crippen molar-refractivity contribution in [2.75, 3.05) is 39.8 Å². The lowest BCUT2D eigenvalue weighted by Crippen LogP contribution is -2.49. The molecular weight excluding hydrogens is 234 g/mol. The van der Waals surface area contributed by atoms with Gasteiger partial charge < -0.3 is 10.2 Å². The molecule has 2 unspecified atom stereocenters. The Labute approximate surface area is 120 Å². The Morgan fingerprint density at radius 3 is 2.53 bits per heavy atom. The molecule has 0 radical (unpaired) electrons. The van der Waals surface area contributed by atoms with Gasteiger partial charge in [0.05, 0.1) is 0 Å². The van der Waals surface area contributed by atoms with E-state index in [0.29, 0.717) is 12.0 Å². The topological polar surface area (TPSA) is 18.5 Å². The molecule has 1 fully saturated rings. The molecule has 1 N–H and O–H groups in total. The number of rotatable bonds is 7. The molecule has 0 aromatic heterocycles. The molecule has 19 heavy (non-hydrogen) atoms. The van der Waals surface area contributed by atoms with Crippen molar-refractivity contribution in [1.29, 1.82) is 0 Å². The van der Waals surface area contributed by atoms with Gasteiger partial charge in [-0.05, 0) is 51.9 Å². The molecule has 1 aliphatic rings. The van der Waals surface area contributed by atoms with Gasteiger partial charge in [0, 0.05) is 25.2 Å². The largest absolute Gasteiger partial charge is 0.312 e. The van der Waals surface area contributed by atoms with Gasteiger partial charge >= 0.3 is 0 Å². The molecule has 0 saturated carbocycles. The van der Waals surface area contributed by atoms with Gasteiger partial charge in [-0.1, -0.05) is 27.7 Å². The van der Waals surface area contributed by atoms with E-state index in [1.165, 1.54) is 45.4 Å². The van der Waals surface area contributed by atoms with Crippen molar-refractivity contribution in [3.63, 3.8) is 0 Å². The molecule has 0 aliphatic carbocycles. The fourth-order valence-corrected chi connectivity index (χ4v) is 3.01. The number of hydrogen-bond donors (Lipinski definition) is 1. The summed E-state index contributed by atoms with van der Waals surface area (Å²) >= 11 is 0. The first kappa shape index (κ1) is 16.9. The molecule has 1 heterocycles. The summed E-state index contributed by atoms with van der Waals surface area (Å²) in [6.07, 6.45) is 3.80. The van der Waals surface area contributed by atoms with E-state index in [-0.39, 0.29) is 0 Å². The summed E-state index contributed by atoms with van der Waals surface area (Å²) in [4.78, 5) is 5.23. The van der Waals surface area contributed by atoms with E-state index >= 15 is 0 Å². The lowest BCUT2D eigenvalue weighted by atomic mass is 10.0. The number of hydrogen-bond acceptors (Lipinski definition) is 3. The normalized spacial score (nSPS) is 24.6. The Morgan fingerprint density at radius 1 is 1.21 bits per heavy atom. The Balaban J connectivity index is 2.58. The van der Waals surface area contributed by atoms with E-state index in [1.54, 1.807) is 0 Å². The predicted octanol–water partition coefficient (Wildman–Crippen LogP) is 2.43. The highest BCUT2D eigenvalue weighted by atomic mass is 15.2. The first-order valence-corrected chi connectivity index (χ1v) is 8.24. The highest BCUT2D eigenvalue weighted by Gasteiger charge is 2.25. The average Bonchev–Trinajstić information content (AvgIpc) is 2.55. The number of nitrogens with zero attached hydrogens (tertiary/aromatic N) is 2. The van der Waals surface area contributed by atoms with Crippen LogP contribution in [0.2, 0.25) is 0 Å². The standard InChI is InChI=1S/C16H35N3/c1-6-9-17-16(14(3)4)13-19-11-8-10-18(5)12-15(19)7-2/h14-17H,6-13H2,1-5H3. The summed E-state index contributed by atoms with van der Waals surface area (Å²) in [6, 6.07) is 1.37. The van der Waals surface area contributed by atoms with Crippen LogP contribution in [0.4, 0.5) is 0 Å². The minimum Gasteiger partial charge on any atom is -0.312 e. The van der Waals surface area contributed by atoms with E-state index in [0.717, 1.165) is 12.6 Å². The maximum Gasteiger partial charge on any atom is 0.0221 e. The van der Waals surface area contributed by atoms with Crippen LogP contribution in [0, 0.1) is 5.92 Å². The van der Waals surface area contributed by atoms with Crippen molar-refractivity contribution >= 4 is 0 Å². The molecule has 0 aromatic rings. The zero-order chi connectivity index (χ0) is 14.3. The van der Waals surface area contributed by atoms with Crippen LogP contribution >= 0.6 is 0 Å². The third-order valence-corrected chi connectivity index (χ3v) is 4.39. The Hall–Kier alpha value is -0.120. The van der Waals surface area contributed by atoms with Crippen LogP contribution in [-0.2, 0) is 0 Å². The molecule has 114 valence electrons. The van der Waals surface area contributed by atoms with Crippen molar-refractivity contribution in [3.05, 3.63) is 0 Å². The molecule has 0 aromatic carbocycles. The van der Waals surface area contributed by atoms with Crippen LogP contribution < -0.4 is 5.32 Å². The van der Waals surface area contributed by atoms with Crippen LogP contribution in [0.5, 0.6) is 0 Å². The second kappa shape index (κ2) is 8.93. The van der Waals surface area contributed by atoms with Crippen molar-refractivity contribution in [2.45, 2.75) is 59.0 Å². The Kier molecular flexibility index (Phi) is 7.96. The van der Waals surface area contributed by atoms with Crippen molar-refractivity contribution < 1.29 is 0 Å². The van der Waals surface area contributed by atoms with Crippen LogP contribution in [0.3, 0.4) is 0 Å². The molecular formula is C16H35N3. The SMILES string of the molecule is CCCNC(CN1CCCN(C)CC1CC)C(C)C. The van der Waals surface area contributed by atoms with Crippen molar-refractivity contribution in [2.24, 2.45) is 5.92 Å². The second-order valence-corrected chi connectivity index (χ2v) is 6.48. The molecule has 1 aliphatic heterocycles. The van der Waals surface area contributed by atoms with E-state index in [1.807, 2.05) is 0 Å². The van der Waals surface area contributed by atoms with Crippen LogP contribution in [0.1, 0.15) is 47.0 Å². The number of likely N-dealkylation sites (N-methyl/N-ethyl adjacent to an activating group) is 1. The highest BCUT2D eigenvalue weighted by Crippen LogP contribution is 2.14. The van der Waals surface area contributed by atoms with Gasteiger partial charge in [0.1, 0.15) is 0 Å². The van der Waals surface area contributed by atoms with Gasteiger partial charge in [-0.3, -0.25) is 4.90 Å². The quantitative estimate of drug-likeness (QED) is 0.766. The van der Waals surface area contributed by atoms with Gasteiger partial charge in [0.15, 0.2) is 0 Å². The molecule has 0 bridgehead atoms. The van der Waals surface area contributed by atoms with Crippen molar-refractivity contribution in [1.82, 2.24) is 15.1 Å². The maximum atomic E-state index is 3.74. The lowest BCUT2D eigenvalue weighted by molar-refractivity contribution is 0.153. The summed E-state index contributed by atoms with van der Waals surface area (Å²) < 4.78 is 0. The van der Waals surface area contributed by atoms with Crippen LogP contribution in [-0.4, -0.2) is 61.7 Å². The first-order valence-electron chi connectivity index (χ1n) is 8.24. The lowest BCUT2D eigenvalue weighted by Gasteiger charge is -2.35. The molecule has 3 heteroatoms. The molecule has 0 spiro atoms. The third-order valence-electron chi connectivity index (χ3n) is 4.39. The van der Waals surface area contributed by atoms with Gasteiger partial charge in [0.25, 0.3) is 0 Å². The minimum atomic E-state index is 0.636. The summed E-state index contributed by atoms with van der Waals surface area (Å²) in [5.41, 5.74) is 0. The molecule has 0 amide bonds. The molecule has 1 rings (SSSR count). The fourth-order valence-electron chi connectivity index (χ4n) is 3.01. The minimum absolute atomic E-state index is 0.636.